The molecule has 1 aliphatic heterocycles. The Balaban J connectivity index is 1.93. The number of esters is 1. The number of hydrogen-bond acceptors (Lipinski definition) is 7. The number of ether oxygens (including phenoxy) is 2. The predicted molar refractivity (Wildman–Crippen MR) is 78.1 cm³/mol. The summed E-state index contributed by atoms with van der Waals surface area (Å²) < 4.78 is 11.5. The van der Waals surface area contributed by atoms with Crippen molar-refractivity contribution in [1.29, 1.82) is 0 Å². The third kappa shape index (κ3) is 4.16. The zero-order valence-electron chi connectivity index (χ0n) is 12.4. The van der Waals surface area contributed by atoms with Crippen molar-refractivity contribution < 1.29 is 24.5 Å². The Morgan fingerprint density at radius 2 is 2.26 bits per heavy atom. The van der Waals surface area contributed by atoms with E-state index in [2.05, 4.69) is 10.9 Å². The fraction of sp³-hybridized carbons (Fsp3) is 0.533. The van der Waals surface area contributed by atoms with Crippen LogP contribution in [-0.2, 0) is 14.3 Å². The van der Waals surface area contributed by atoms with Crippen molar-refractivity contribution in [3.63, 3.8) is 0 Å². The molecule has 8 nitrogen and oxygen atoms in total. The first kappa shape index (κ1) is 17.1. The molecule has 124 valence electrons. The predicted octanol–water partition coefficient (Wildman–Crippen LogP) is -0.791. The zero-order chi connectivity index (χ0) is 16.8. The van der Waals surface area contributed by atoms with Crippen molar-refractivity contribution in [2.45, 2.75) is 43.8 Å². The number of nitrogens with zero attached hydrogens (tertiary/aromatic N) is 2. The monoisotopic (exact) mass is 322 g/mol. The molecule has 0 radical (unpaired) electrons. The molecule has 0 unspecified atom stereocenters. The Hall–Kier alpha value is -2.21. The van der Waals surface area contributed by atoms with Gasteiger partial charge in [-0.1, -0.05) is 0 Å². The Labute approximate surface area is 132 Å². The number of carbonyl (C=O) groups is 1. The topological polar surface area (TPSA) is 111 Å². The number of unbranched alkanes of at least 4 members (excludes halogenated alkanes) is 1. The first-order valence-electron chi connectivity index (χ1n) is 7.18. The van der Waals surface area contributed by atoms with Gasteiger partial charge in [0.2, 0.25) is 0 Å². The summed E-state index contributed by atoms with van der Waals surface area (Å²) in [7, 11) is 0. The first-order valence-corrected chi connectivity index (χ1v) is 7.18. The van der Waals surface area contributed by atoms with Crippen LogP contribution in [0, 0.1) is 12.3 Å². The van der Waals surface area contributed by atoms with Crippen molar-refractivity contribution in [2.24, 2.45) is 0 Å². The minimum absolute atomic E-state index is 0.168. The van der Waals surface area contributed by atoms with Crippen molar-refractivity contribution in [2.75, 3.05) is 6.61 Å². The molecule has 0 aromatic carbocycles. The standard InChI is InChI=1S/C15H18N2O6/c1-2-3-4-6-11(18)22-9-10-12(19)13(20)14(23-10)17-8-5-7-16-15(17)21/h1,5,7-8,10,12-14,19-20H,3-4,6,9H2/t10-,12-,13-,14-/m1/s1. The second-order valence-electron chi connectivity index (χ2n) is 5.10. The third-order valence-electron chi connectivity index (χ3n) is 3.46. The molecule has 1 aromatic heterocycles. The van der Waals surface area contributed by atoms with Crippen LogP contribution in [0.15, 0.2) is 23.3 Å². The minimum Gasteiger partial charge on any atom is -0.463 e. The summed E-state index contributed by atoms with van der Waals surface area (Å²) in [6.07, 6.45) is 4.31. The van der Waals surface area contributed by atoms with E-state index in [-0.39, 0.29) is 13.0 Å². The van der Waals surface area contributed by atoms with E-state index in [1.54, 1.807) is 0 Å². The van der Waals surface area contributed by atoms with Gasteiger partial charge in [0, 0.05) is 25.2 Å². The molecule has 8 heteroatoms. The molecule has 0 saturated carbocycles. The molecule has 0 spiro atoms. The minimum atomic E-state index is -1.33. The van der Waals surface area contributed by atoms with E-state index < -0.39 is 36.2 Å². The molecule has 4 atom stereocenters. The molecule has 0 aliphatic carbocycles. The second kappa shape index (κ2) is 7.87. The Morgan fingerprint density at radius 3 is 2.96 bits per heavy atom. The normalized spacial score (nSPS) is 26.7. The van der Waals surface area contributed by atoms with Crippen LogP contribution in [0.2, 0.25) is 0 Å². The van der Waals surface area contributed by atoms with E-state index >= 15 is 0 Å². The van der Waals surface area contributed by atoms with Gasteiger partial charge in [0.1, 0.15) is 24.9 Å². The third-order valence-corrected chi connectivity index (χ3v) is 3.46. The Kier molecular flexibility index (Phi) is 5.87. The summed E-state index contributed by atoms with van der Waals surface area (Å²) in [5, 5.41) is 20.0. The summed E-state index contributed by atoms with van der Waals surface area (Å²) in [4.78, 5) is 26.7. The summed E-state index contributed by atoms with van der Waals surface area (Å²) >= 11 is 0. The van der Waals surface area contributed by atoms with E-state index in [1.165, 1.54) is 18.5 Å². The fourth-order valence-corrected chi connectivity index (χ4v) is 2.24. The van der Waals surface area contributed by atoms with Crippen LogP contribution in [0.25, 0.3) is 0 Å². The van der Waals surface area contributed by atoms with Gasteiger partial charge in [0.15, 0.2) is 6.23 Å². The van der Waals surface area contributed by atoms with Crippen LogP contribution in [-0.4, -0.2) is 50.7 Å². The highest BCUT2D eigenvalue weighted by molar-refractivity contribution is 5.69. The maximum Gasteiger partial charge on any atom is 0.349 e. The summed E-state index contributed by atoms with van der Waals surface area (Å²) in [5.74, 6) is 1.95. The molecule has 23 heavy (non-hydrogen) atoms. The van der Waals surface area contributed by atoms with Gasteiger partial charge in [0.25, 0.3) is 0 Å². The lowest BCUT2D eigenvalue weighted by Crippen LogP contribution is -2.36. The highest BCUT2D eigenvalue weighted by Crippen LogP contribution is 2.28. The van der Waals surface area contributed by atoms with Crippen molar-refractivity contribution in [3.8, 4) is 12.3 Å². The highest BCUT2D eigenvalue weighted by Gasteiger charge is 2.44. The molecule has 0 bridgehead atoms. The lowest BCUT2D eigenvalue weighted by molar-refractivity contribution is -0.150. The van der Waals surface area contributed by atoms with Crippen LogP contribution in [0.4, 0.5) is 0 Å². The van der Waals surface area contributed by atoms with Crippen LogP contribution < -0.4 is 5.69 Å². The van der Waals surface area contributed by atoms with Crippen LogP contribution in [0.3, 0.4) is 0 Å². The number of aliphatic hydroxyl groups excluding tert-OH is 2. The number of rotatable bonds is 6. The van der Waals surface area contributed by atoms with Crippen molar-refractivity contribution >= 4 is 5.97 Å². The molecule has 1 saturated heterocycles. The maximum absolute atomic E-state index is 11.7. The average Bonchev–Trinajstić information content (AvgIpc) is 2.82. The first-order chi connectivity index (χ1) is 11.0. The highest BCUT2D eigenvalue weighted by atomic mass is 16.6. The average molecular weight is 322 g/mol. The van der Waals surface area contributed by atoms with E-state index in [9.17, 15) is 19.8 Å². The second-order valence-corrected chi connectivity index (χ2v) is 5.10. The van der Waals surface area contributed by atoms with Crippen LogP contribution in [0.1, 0.15) is 25.5 Å². The number of hydrogen-bond donors (Lipinski definition) is 2. The van der Waals surface area contributed by atoms with E-state index in [0.717, 1.165) is 4.57 Å². The van der Waals surface area contributed by atoms with E-state index in [1.807, 2.05) is 0 Å². The van der Waals surface area contributed by atoms with Crippen LogP contribution in [0.5, 0.6) is 0 Å². The number of terminal acetylenes is 1. The lowest BCUT2D eigenvalue weighted by atomic mass is 10.1. The summed E-state index contributed by atoms with van der Waals surface area (Å²) in [5.41, 5.74) is -0.615. The lowest BCUT2D eigenvalue weighted by Gasteiger charge is -2.16. The quantitative estimate of drug-likeness (QED) is 0.401. The fourth-order valence-electron chi connectivity index (χ4n) is 2.24. The number of carbonyl (C=O) groups excluding carboxylic acids is 1. The van der Waals surface area contributed by atoms with E-state index in [0.29, 0.717) is 12.8 Å². The SMILES string of the molecule is C#CCCCC(=O)OC[C@H]1O[C@@H](n2cccnc2=O)[C@H](O)[C@@H]1O. The van der Waals surface area contributed by atoms with Crippen molar-refractivity contribution in [1.82, 2.24) is 9.55 Å². The summed E-state index contributed by atoms with van der Waals surface area (Å²) in [6, 6.07) is 1.50. The van der Waals surface area contributed by atoms with E-state index in [4.69, 9.17) is 15.9 Å². The molecular formula is C15H18N2O6. The smallest absolute Gasteiger partial charge is 0.349 e. The van der Waals surface area contributed by atoms with Gasteiger partial charge < -0.3 is 19.7 Å². The van der Waals surface area contributed by atoms with Gasteiger partial charge in [-0.05, 0) is 12.5 Å². The molecule has 1 aliphatic rings. The maximum atomic E-state index is 11.7. The molecule has 1 fully saturated rings. The van der Waals surface area contributed by atoms with Gasteiger partial charge in [0.05, 0.1) is 0 Å². The van der Waals surface area contributed by atoms with Gasteiger partial charge in [-0.2, -0.15) is 0 Å². The number of aliphatic hydroxyl groups is 2. The van der Waals surface area contributed by atoms with Gasteiger partial charge >= 0.3 is 11.7 Å². The Bertz CT molecular complexity index is 637. The molecule has 2 rings (SSSR count). The Morgan fingerprint density at radius 1 is 1.48 bits per heavy atom. The van der Waals surface area contributed by atoms with Gasteiger partial charge in [-0.25, -0.2) is 9.78 Å². The molecular weight excluding hydrogens is 304 g/mol. The summed E-state index contributed by atoms with van der Waals surface area (Å²) in [6.45, 7) is -0.224. The number of aromatic nitrogens is 2. The molecule has 0 amide bonds. The molecule has 2 heterocycles. The van der Waals surface area contributed by atoms with Gasteiger partial charge in [-0.3, -0.25) is 9.36 Å². The van der Waals surface area contributed by atoms with Crippen LogP contribution >= 0.6 is 0 Å². The zero-order valence-corrected chi connectivity index (χ0v) is 12.4. The largest absolute Gasteiger partial charge is 0.463 e. The van der Waals surface area contributed by atoms with Gasteiger partial charge in [-0.15, -0.1) is 12.3 Å². The molecule has 2 N–H and O–H groups in total. The van der Waals surface area contributed by atoms with Crippen molar-refractivity contribution in [3.05, 3.63) is 28.9 Å². The molecule has 1 aromatic rings.